The molecule has 6 aromatic carbocycles. The highest BCUT2D eigenvalue weighted by atomic mass is 35.5. The summed E-state index contributed by atoms with van der Waals surface area (Å²) in [6.45, 7) is 0.649. The number of nitrogens with zero attached hydrogens (tertiary/aromatic N) is 2. The monoisotopic (exact) mass is 690 g/mol. The zero-order valence-corrected chi connectivity index (χ0v) is 28.5. The molecule has 4 nitrogen and oxygen atoms in total. The summed E-state index contributed by atoms with van der Waals surface area (Å²) in [5.41, 5.74) is 10.3. The summed E-state index contributed by atoms with van der Waals surface area (Å²) < 4.78 is 0. The van der Waals surface area contributed by atoms with Gasteiger partial charge in [0.1, 0.15) is 0 Å². The second-order valence-corrected chi connectivity index (χ2v) is 13.4. The van der Waals surface area contributed by atoms with Gasteiger partial charge >= 0.3 is 0 Å². The fraction of sp³-hybridized carbons (Fsp3) is 0.0682. The number of carbonyl (C=O) groups excluding carboxylic acids is 1. The molecule has 6 aromatic rings. The fourth-order valence-electron chi connectivity index (χ4n) is 7.01. The van der Waals surface area contributed by atoms with Gasteiger partial charge in [-0.25, -0.2) is 0 Å². The maximum atomic E-state index is 14.9. The third kappa shape index (κ3) is 6.03. The molecule has 0 fully saturated rings. The largest absolute Gasteiger partial charge is 0.369 e. The average molecular weight is 692 g/mol. The highest BCUT2D eigenvalue weighted by molar-refractivity contribution is 6.31. The van der Waals surface area contributed by atoms with Crippen LogP contribution in [0.5, 0.6) is 0 Å². The van der Waals surface area contributed by atoms with Gasteiger partial charge in [-0.15, -0.1) is 0 Å². The SMILES string of the molecule is O=C1C2=C(c3ccc(-c4ccccc4)cc3)N(Cc3cccc(Cl)c3)C(O)C2=C(c2ccc(-c3ccccc3)cc2)N1Cc1cccc(Cl)c1. The van der Waals surface area contributed by atoms with Crippen LogP contribution in [-0.2, 0) is 17.9 Å². The minimum absolute atomic E-state index is 0.170. The van der Waals surface area contributed by atoms with Gasteiger partial charge in [0.25, 0.3) is 5.91 Å². The quantitative estimate of drug-likeness (QED) is 0.173. The lowest BCUT2D eigenvalue weighted by atomic mass is 9.98. The highest BCUT2D eigenvalue weighted by Gasteiger charge is 2.48. The lowest BCUT2D eigenvalue weighted by Crippen LogP contribution is -2.32. The van der Waals surface area contributed by atoms with E-state index in [0.717, 1.165) is 44.5 Å². The van der Waals surface area contributed by atoms with Crippen molar-refractivity contribution in [1.29, 1.82) is 0 Å². The summed E-state index contributed by atoms with van der Waals surface area (Å²) in [4.78, 5) is 18.6. The third-order valence-corrected chi connectivity index (χ3v) is 9.80. The van der Waals surface area contributed by atoms with Crippen LogP contribution in [0.25, 0.3) is 33.6 Å². The van der Waals surface area contributed by atoms with Crippen LogP contribution in [0.3, 0.4) is 0 Å². The van der Waals surface area contributed by atoms with Gasteiger partial charge in [-0.3, -0.25) is 4.79 Å². The summed E-state index contributed by atoms with van der Waals surface area (Å²) in [5, 5.41) is 13.6. The minimum Gasteiger partial charge on any atom is -0.369 e. The molecule has 0 bridgehead atoms. The number of aliphatic hydroxyl groups excluding tert-OH is 1. The van der Waals surface area contributed by atoms with Crippen molar-refractivity contribution in [3.05, 3.63) is 201 Å². The topological polar surface area (TPSA) is 43.8 Å². The Morgan fingerprint density at radius 3 is 1.44 bits per heavy atom. The van der Waals surface area contributed by atoms with Gasteiger partial charge in [-0.1, -0.05) is 157 Å². The number of fused-ring (bicyclic) bond motifs is 1. The van der Waals surface area contributed by atoms with Gasteiger partial charge in [0.15, 0.2) is 6.23 Å². The molecule has 1 atom stereocenters. The zero-order chi connectivity index (χ0) is 34.2. The van der Waals surface area contributed by atoms with E-state index in [9.17, 15) is 9.90 Å². The number of rotatable bonds is 8. The molecule has 50 heavy (non-hydrogen) atoms. The standard InChI is InChI=1S/C44H32Cl2N2O2/c45-37-15-7-9-29(25-37)27-47-41(35-21-17-33(18-22-35)31-11-3-1-4-12-31)39-40(44(47)50)42(48(43(39)49)28-30-10-8-16-38(46)26-30)36-23-19-34(20-24-36)32-13-5-2-6-14-32/h1-26,43,49H,27-28H2. The first-order valence-electron chi connectivity index (χ1n) is 16.5. The smallest absolute Gasteiger partial charge is 0.261 e. The van der Waals surface area contributed by atoms with Crippen LogP contribution in [0, 0.1) is 0 Å². The molecule has 2 aliphatic heterocycles. The normalized spacial score (nSPS) is 15.7. The molecule has 0 radical (unpaired) electrons. The van der Waals surface area contributed by atoms with Crippen molar-refractivity contribution >= 4 is 40.5 Å². The van der Waals surface area contributed by atoms with Crippen molar-refractivity contribution < 1.29 is 9.90 Å². The first kappa shape index (κ1) is 31.9. The molecular formula is C44H32Cl2N2O2. The molecule has 0 saturated carbocycles. The van der Waals surface area contributed by atoms with Crippen molar-refractivity contribution in [3.8, 4) is 22.3 Å². The molecule has 0 aliphatic carbocycles. The van der Waals surface area contributed by atoms with Crippen LogP contribution in [0.1, 0.15) is 22.3 Å². The Morgan fingerprint density at radius 1 is 0.500 bits per heavy atom. The Hall–Kier alpha value is -5.39. The molecule has 1 unspecified atom stereocenters. The number of amides is 1. The Morgan fingerprint density at radius 2 is 0.940 bits per heavy atom. The molecule has 0 saturated heterocycles. The summed E-state index contributed by atoms with van der Waals surface area (Å²) in [6, 6.07) is 51.9. The van der Waals surface area contributed by atoms with Crippen molar-refractivity contribution in [2.24, 2.45) is 0 Å². The van der Waals surface area contributed by atoms with Gasteiger partial charge in [0, 0.05) is 22.2 Å². The van der Waals surface area contributed by atoms with Crippen molar-refractivity contribution in [2.75, 3.05) is 0 Å². The van der Waals surface area contributed by atoms with Crippen molar-refractivity contribution in [1.82, 2.24) is 9.80 Å². The van der Waals surface area contributed by atoms with E-state index in [4.69, 9.17) is 23.2 Å². The second-order valence-electron chi connectivity index (χ2n) is 12.5. The number of halogens is 2. The highest BCUT2D eigenvalue weighted by Crippen LogP contribution is 2.49. The maximum absolute atomic E-state index is 14.9. The zero-order valence-electron chi connectivity index (χ0n) is 27.0. The molecule has 1 N–H and O–H groups in total. The predicted molar refractivity (Wildman–Crippen MR) is 203 cm³/mol. The molecular weight excluding hydrogens is 659 g/mol. The van der Waals surface area contributed by atoms with E-state index in [2.05, 4.69) is 48.5 Å². The van der Waals surface area contributed by atoms with E-state index in [1.807, 2.05) is 114 Å². The van der Waals surface area contributed by atoms with E-state index >= 15 is 0 Å². The van der Waals surface area contributed by atoms with Gasteiger partial charge in [0.05, 0.1) is 23.5 Å². The van der Waals surface area contributed by atoms with E-state index in [1.165, 1.54) is 0 Å². The summed E-state index contributed by atoms with van der Waals surface area (Å²) >= 11 is 12.8. The van der Waals surface area contributed by atoms with Crippen LogP contribution in [0.2, 0.25) is 10.0 Å². The average Bonchev–Trinajstić information content (AvgIpc) is 3.58. The number of carbonyl (C=O) groups is 1. The predicted octanol–water partition coefficient (Wildman–Crippen LogP) is 10.3. The number of hydrogen-bond donors (Lipinski definition) is 1. The van der Waals surface area contributed by atoms with E-state index in [-0.39, 0.29) is 5.91 Å². The van der Waals surface area contributed by atoms with E-state index in [1.54, 1.807) is 4.90 Å². The second kappa shape index (κ2) is 13.5. The minimum atomic E-state index is -1.09. The maximum Gasteiger partial charge on any atom is 0.261 e. The lowest BCUT2D eigenvalue weighted by molar-refractivity contribution is -0.123. The molecule has 244 valence electrons. The third-order valence-electron chi connectivity index (χ3n) is 9.33. The Bertz CT molecular complexity index is 2260. The summed E-state index contributed by atoms with van der Waals surface area (Å²) in [7, 11) is 0. The van der Waals surface area contributed by atoms with Crippen LogP contribution < -0.4 is 0 Å². The van der Waals surface area contributed by atoms with Crippen LogP contribution in [-0.4, -0.2) is 27.0 Å². The van der Waals surface area contributed by atoms with Gasteiger partial charge in [-0.2, -0.15) is 0 Å². The molecule has 0 aromatic heterocycles. The van der Waals surface area contributed by atoms with E-state index in [0.29, 0.717) is 45.7 Å². The molecule has 1 amide bonds. The van der Waals surface area contributed by atoms with Gasteiger partial charge in [0.2, 0.25) is 0 Å². The molecule has 6 heteroatoms. The van der Waals surface area contributed by atoms with Crippen LogP contribution in [0.15, 0.2) is 169 Å². The van der Waals surface area contributed by atoms with Gasteiger partial charge < -0.3 is 14.9 Å². The Kier molecular flexibility index (Phi) is 8.59. The van der Waals surface area contributed by atoms with Crippen molar-refractivity contribution in [3.63, 3.8) is 0 Å². The number of aliphatic hydroxyl groups is 1. The number of hydrogen-bond acceptors (Lipinski definition) is 3. The van der Waals surface area contributed by atoms with Crippen LogP contribution in [0.4, 0.5) is 0 Å². The molecule has 0 spiro atoms. The molecule has 2 aliphatic rings. The summed E-state index contributed by atoms with van der Waals surface area (Å²) in [5.74, 6) is -0.170. The van der Waals surface area contributed by atoms with Crippen LogP contribution >= 0.6 is 23.2 Å². The lowest BCUT2D eigenvalue weighted by Gasteiger charge is -2.30. The first-order chi connectivity index (χ1) is 24.4. The number of benzene rings is 6. The Labute approximate surface area is 301 Å². The first-order valence-corrected chi connectivity index (χ1v) is 17.3. The Balaban J connectivity index is 1.30. The van der Waals surface area contributed by atoms with Crippen molar-refractivity contribution in [2.45, 2.75) is 19.3 Å². The summed E-state index contributed by atoms with van der Waals surface area (Å²) in [6.07, 6.45) is -1.09. The van der Waals surface area contributed by atoms with E-state index < -0.39 is 6.23 Å². The van der Waals surface area contributed by atoms with Gasteiger partial charge in [-0.05, 0) is 68.8 Å². The fourth-order valence-corrected chi connectivity index (χ4v) is 7.43. The molecule has 2 heterocycles. The molecule has 8 rings (SSSR count).